The first kappa shape index (κ1) is 17.9. The lowest BCUT2D eigenvalue weighted by atomic mass is 10.1. The number of nitrogens with zero attached hydrogens (tertiary/aromatic N) is 3. The molecular weight excluding hydrogens is 374 g/mol. The number of methoxy groups -OCH3 is 1. The Hall–Kier alpha value is -2.44. The van der Waals surface area contributed by atoms with E-state index in [0.29, 0.717) is 0 Å². The number of hydrogen-bond acceptors (Lipinski definition) is 6. The standard InChI is InChI=1S/C21H19N3OS2/c1-13-6-4-5-7-16(13)12-26-21-19-20(27-14(2)22-19)18(23-24-21)15-8-10-17(25-3)11-9-15/h4-11H,12H2,1-3H3. The molecule has 6 heteroatoms. The fourth-order valence-electron chi connectivity index (χ4n) is 2.87. The van der Waals surface area contributed by atoms with E-state index in [1.54, 1.807) is 30.2 Å². The second kappa shape index (κ2) is 7.66. The summed E-state index contributed by atoms with van der Waals surface area (Å²) in [5.74, 6) is 1.68. The van der Waals surface area contributed by atoms with Crippen LogP contribution in [0.2, 0.25) is 0 Å². The minimum Gasteiger partial charge on any atom is -0.497 e. The third kappa shape index (κ3) is 3.68. The van der Waals surface area contributed by atoms with E-state index in [1.165, 1.54) is 11.1 Å². The Bertz CT molecular complexity index is 1090. The van der Waals surface area contributed by atoms with Gasteiger partial charge in [0, 0.05) is 11.3 Å². The zero-order valence-corrected chi connectivity index (χ0v) is 17.0. The highest BCUT2D eigenvalue weighted by Gasteiger charge is 2.16. The van der Waals surface area contributed by atoms with Crippen molar-refractivity contribution >= 4 is 33.3 Å². The highest BCUT2D eigenvalue weighted by molar-refractivity contribution is 7.98. The molecule has 0 radical (unpaired) electrons. The van der Waals surface area contributed by atoms with E-state index in [2.05, 4.69) is 41.4 Å². The molecule has 0 amide bonds. The minimum absolute atomic E-state index is 0.828. The van der Waals surface area contributed by atoms with Gasteiger partial charge >= 0.3 is 0 Å². The van der Waals surface area contributed by atoms with Crippen molar-refractivity contribution in [3.63, 3.8) is 0 Å². The quantitative estimate of drug-likeness (QED) is 0.409. The molecule has 4 nitrogen and oxygen atoms in total. The topological polar surface area (TPSA) is 47.9 Å². The van der Waals surface area contributed by atoms with Crippen LogP contribution in [0, 0.1) is 13.8 Å². The average molecular weight is 394 g/mol. The van der Waals surface area contributed by atoms with Gasteiger partial charge in [-0.3, -0.25) is 0 Å². The van der Waals surface area contributed by atoms with Crippen molar-refractivity contribution in [3.05, 3.63) is 64.7 Å². The smallest absolute Gasteiger partial charge is 0.146 e. The van der Waals surface area contributed by atoms with Crippen molar-refractivity contribution in [2.45, 2.75) is 24.6 Å². The van der Waals surface area contributed by atoms with E-state index < -0.39 is 0 Å². The van der Waals surface area contributed by atoms with Gasteiger partial charge in [0.15, 0.2) is 0 Å². The number of ether oxygens (including phenoxy) is 1. The van der Waals surface area contributed by atoms with Gasteiger partial charge in [-0.25, -0.2) is 4.98 Å². The molecule has 0 N–H and O–H groups in total. The molecule has 0 spiro atoms. The molecule has 2 aromatic carbocycles. The van der Waals surface area contributed by atoms with Crippen molar-refractivity contribution < 1.29 is 4.74 Å². The summed E-state index contributed by atoms with van der Waals surface area (Å²) in [6.07, 6.45) is 0. The summed E-state index contributed by atoms with van der Waals surface area (Å²) in [4.78, 5) is 4.74. The molecule has 0 saturated heterocycles. The minimum atomic E-state index is 0.828. The lowest BCUT2D eigenvalue weighted by Crippen LogP contribution is -1.94. The van der Waals surface area contributed by atoms with Gasteiger partial charge in [0.05, 0.1) is 16.8 Å². The molecule has 0 aliphatic heterocycles. The van der Waals surface area contributed by atoms with Crippen molar-refractivity contribution in [1.82, 2.24) is 15.2 Å². The van der Waals surface area contributed by atoms with Gasteiger partial charge in [0.2, 0.25) is 0 Å². The average Bonchev–Trinajstić information content (AvgIpc) is 3.09. The molecule has 0 unspecified atom stereocenters. The van der Waals surface area contributed by atoms with Gasteiger partial charge in [-0.2, -0.15) is 0 Å². The Morgan fingerprint density at radius 1 is 1.00 bits per heavy atom. The molecule has 4 rings (SSSR count). The highest BCUT2D eigenvalue weighted by Crippen LogP contribution is 2.36. The predicted octanol–water partition coefficient (Wildman–Crippen LogP) is 5.67. The maximum Gasteiger partial charge on any atom is 0.146 e. The summed E-state index contributed by atoms with van der Waals surface area (Å²) in [6, 6.07) is 16.3. The number of thioether (sulfide) groups is 1. The second-order valence-electron chi connectivity index (χ2n) is 6.21. The lowest BCUT2D eigenvalue weighted by molar-refractivity contribution is 0.415. The number of thiazole rings is 1. The lowest BCUT2D eigenvalue weighted by Gasteiger charge is -2.07. The van der Waals surface area contributed by atoms with Gasteiger partial charge in [-0.15, -0.1) is 21.5 Å². The van der Waals surface area contributed by atoms with Crippen LogP contribution in [0.1, 0.15) is 16.1 Å². The maximum absolute atomic E-state index is 5.25. The molecule has 2 aromatic heterocycles. The van der Waals surface area contributed by atoms with Crippen LogP contribution >= 0.6 is 23.1 Å². The molecule has 2 heterocycles. The van der Waals surface area contributed by atoms with E-state index in [-0.39, 0.29) is 0 Å². The Morgan fingerprint density at radius 3 is 2.52 bits per heavy atom. The van der Waals surface area contributed by atoms with Gasteiger partial charge in [0.25, 0.3) is 0 Å². The van der Waals surface area contributed by atoms with E-state index in [4.69, 9.17) is 9.72 Å². The number of benzene rings is 2. The molecule has 0 fully saturated rings. The molecule has 4 aromatic rings. The van der Waals surface area contributed by atoms with Crippen LogP contribution in [0.25, 0.3) is 21.5 Å². The van der Waals surface area contributed by atoms with E-state index >= 15 is 0 Å². The fourth-order valence-corrected chi connectivity index (χ4v) is 4.86. The first-order valence-electron chi connectivity index (χ1n) is 8.61. The van der Waals surface area contributed by atoms with Crippen molar-refractivity contribution in [1.29, 1.82) is 0 Å². The number of aryl methyl sites for hydroxylation is 2. The molecule has 27 heavy (non-hydrogen) atoms. The summed E-state index contributed by atoms with van der Waals surface area (Å²) >= 11 is 3.36. The third-order valence-electron chi connectivity index (χ3n) is 4.38. The second-order valence-corrected chi connectivity index (χ2v) is 8.38. The molecule has 0 bridgehead atoms. The Morgan fingerprint density at radius 2 is 1.78 bits per heavy atom. The summed E-state index contributed by atoms with van der Waals surface area (Å²) in [5, 5.41) is 11.0. The van der Waals surface area contributed by atoms with Crippen molar-refractivity contribution in [2.75, 3.05) is 7.11 Å². The number of rotatable bonds is 5. The zero-order valence-electron chi connectivity index (χ0n) is 15.4. The monoisotopic (exact) mass is 393 g/mol. The van der Waals surface area contributed by atoms with Crippen LogP contribution in [0.5, 0.6) is 5.75 Å². The zero-order chi connectivity index (χ0) is 18.8. The van der Waals surface area contributed by atoms with E-state index in [9.17, 15) is 0 Å². The van der Waals surface area contributed by atoms with Crippen molar-refractivity contribution in [2.24, 2.45) is 0 Å². The number of fused-ring (bicyclic) bond motifs is 1. The third-order valence-corrected chi connectivity index (χ3v) is 6.36. The van der Waals surface area contributed by atoms with Gasteiger partial charge in [-0.05, 0) is 49.2 Å². The van der Waals surface area contributed by atoms with Gasteiger partial charge in [0.1, 0.15) is 22.0 Å². The largest absolute Gasteiger partial charge is 0.497 e. The van der Waals surface area contributed by atoms with Crippen LogP contribution < -0.4 is 4.74 Å². The van der Waals surface area contributed by atoms with Crippen LogP contribution in [0.4, 0.5) is 0 Å². The van der Waals surface area contributed by atoms with E-state index in [0.717, 1.165) is 43.0 Å². The SMILES string of the molecule is COc1ccc(-c2nnc(SCc3ccccc3C)c3nc(C)sc23)cc1. The highest BCUT2D eigenvalue weighted by atomic mass is 32.2. The fraction of sp³-hybridized carbons (Fsp3) is 0.190. The number of aromatic nitrogens is 3. The molecular formula is C21H19N3OS2. The molecule has 0 saturated carbocycles. The van der Waals surface area contributed by atoms with Crippen molar-refractivity contribution in [3.8, 4) is 17.0 Å². The first-order valence-corrected chi connectivity index (χ1v) is 10.4. The maximum atomic E-state index is 5.25. The first-order chi connectivity index (χ1) is 13.2. The molecule has 0 aliphatic carbocycles. The summed E-state index contributed by atoms with van der Waals surface area (Å²) < 4.78 is 6.33. The Balaban J connectivity index is 1.70. The number of hydrogen-bond donors (Lipinski definition) is 0. The summed E-state index contributed by atoms with van der Waals surface area (Å²) in [5.41, 5.74) is 5.44. The van der Waals surface area contributed by atoms with Crippen LogP contribution in [-0.2, 0) is 5.75 Å². The predicted molar refractivity (Wildman–Crippen MR) is 113 cm³/mol. The van der Waals surface area contributed by atoms with Crippen LogP contribution in [0.15, 0.2) is 53.6 Å². The van der Waals surface area contributed by atoms with Crippen LogP contribution in [-0.4, -0.2) is 22.3 Å². The summed E-state index contributed by atoms with van der Waals surface area (Å²) in [6.45, 7) is 4.16. The summed E-state index contributed by atoms with van der Waals surface area (Å²) in [7, 11) is 1.67. The van der Waals surface area contributed by atoms with Crippen LogP contribution in [0.3, 0.4) is 0 Å². The Labute approximate surface area is 166 Å². The van der Waals surface area contributed by atoms with E-state index in [1.807, 2.05) is 31.2 Å². The molecule has 136 valence electrons. The molecule has 0 aliphatic rings. The van der Waals surface area contributed by atoms with Gasteiger partial charge < -0.3 is 4.74 Å². The molecule has 0 atom stereocenters. The van der Waals surface area contributed by atoms with Gasteiger partial charge in [-0.1, -0.05) is 36.0 Å². The Kier molecular flexibility index (Phi) is 5.09. The normalized spacial score (nSPS) is 11.1.